The second-order valence-corrected chi connectivity index (χ2v) is 9.92. The Labute approximate surface area is 177 Å². The number of nitrogens with zero attached hydrogens (tertiary/aromatic N) is 2. The van der Waals surface area contributed by atoms with E-state index >= 15 is 0 Å². The lowest BCUT2D eigenvalue weighted by atomic mass is 10.1. The molecule has 0 saturated carbocycles. The van der Waals surface area contributed by atoms with Crippen LogP contribution in [0.1, 0.15) is 5.56 Å². The number of aromatic nitrogens is 1. The summed E-state index contributed by atoms with van der Waals surface area (Å²) < 4.78 is 34.2. The van der Waals surface area contributed by atoms with Crippen LogP contribution in [0.3, 0.4) is 0 Å². The van der Waals surface area contributed by atoms with Gasteiger partial charge >= 0.3 is 0 Å². The van der Waals surface area contributed by atoms with E-state index in [9.17, 15) is 8.42 Å². The number of likely N-dealkylation sites (N-methyl/N-ethyl adjacent to an activating group) is 1. The summed E-state index contributed by atoms with van der Waals surface area (Å²) in [4.78, 5) is 2.31. The van der Waals surface area contributed by atoms with Crippen LogP contribution in [0.4, 0.5) is 0 Å². The van der Waals surface area contributed by atoms with Crippen LogP contribution in [0.25, 0.3) is 16.5 Å². The maximum absolute atomic E-state index is 13.3. The van der Waals surface area contributed by atoms with Crippen molar-refractivity contribution < 1.29 is 13.2 Å². The fourth-order valence-electron chi connectivity index (χ4n) is 3.44. The van der Waals surface area contributed by atoms with E-state index in [0.29, 0.717) is 24.4 Å². The highest BCUT2D eigenvalue weighted by atomic mass is 79.9. The van der Waals surface area contributed by atoms with Crippen molar-refractivity contribution in [2.45, 2.75) is 4.90 Å². The van der Waals surface area contributed by atoms with Crippen LogP contribution < -0.4 is 4.74 Å². The van der Waals surface area contributed by atoms with E-state index in [1.54, 1.807) is 49.7 Å². The predicted molar refractivity (Wildman–Crippen MR) is 115 cm³/mol. The van der Waals surface area contributed by atoms with Crippen LogP contribution >= 0.6 is 27.5 Å². The summed E-state index contributed by atoms with van der Waals surface area (Å²) in [6.07, 6.45) is 1.67. The van der Waals surface area contributed by atoms with Crippen molar-refractivity contribution in [3.63, 3.8) is 0 Å². The highest BCUT2D eigenvalue weighted by Gasteiger charge is 2.26. The van der Waals surface area contributed by atoms with Gasteiger partial charge in [-0.25, -0.2) is 12.4 Å². The number of fused-ring (bicyclic) bond motifs is 1. The lowest BCUT2D eigenvalue weighted by Crippen LogP contribution is -2.14. The lowest BCUT2D eigenvalue weighted by molar-refractivity contribution is 0.415. The maximum atomic E-state index is 13.3. The molecule has 0 radical (unpaired) electrons. The zero-order valence-electron chi connectivity index (χ0n) is 15.3. The molecule has 0 N–H and O–H groups in total. The van der Waals surface area contributed by atoms with E-state index in [4.69, 9.17) is 16.3 Å². The first-order valence-electron chi connectivity index (χ1n) is 8.58. The Morgan fingerprint density at radius 1 is 1.11 bits per heavy atom. The number of ether oxygens (including phenoxy) is 1. The molecule has 0 atom stereocenters. The van der Waals surface area contributed by atoms with Crippen LogP contribution in [0, 0.1) is 0 Å². The molecule has 1 aliphatic heterocycles. The molecule has 8 heteroatoms. The number of hydrogen-bond acceptors (Lipinski definition) is 4. The van der Waals surface area contributed by atoms with E-state index in [1.165, 1.54) is 3.97 Å². The van der Waals surface area contributed by atoms with Gasteiger partial charge in [-0.15, -0.1) is 0 Å². The molecule has 0 bridgehead atoms. The molecule has 5 nitrogen and oxygen atoms in total. The second kappa shape index (κ2) is 7.22. The van der Waals surface area contributed by atoms with Crippen molar-refractivity contribution >= 4 is 54.0 Å². The molecule has 0 aliphatic carbocycles. The molecule has 4 rings (SSSR count). The highest BCUT2D eigenvalue weighted by molar-refractivity contribution is 9.10. The third kappa shape index (κ3) is 3.26. The topological polar surface area (TPSA) is 51.5 Å². The monoisotopic (exact) mass is 480 g/mol. The summed E-state index contributed by atoms with van der Waals surface area (Å²) in [7, 11) is -0.197. The molecule has 146 valence electrons. The molecule has 2 heterocycles. The Kier molecular flexibility index (Phi) is 5.03. The van der Waals surface area contributed by atoms with Crippen molar-refractivity contribution in [3.8, 4) is 5.75 Å². The normalized spacial score (nSPS) is 15.6. The SMILES string of the molecule is COc1ccc2c(c1)c(C1=C(Cl)CN(C)C1)cn2S(=O)(=O)c1ccc(Br)cc1. The minimum atomic E-state index is -3.77. The molecular weight excluding hydrogens is 464 g/mol. The van der Waals surface area contributed by atoms with Gasteiger partial charge in [0, 0.05) is 39.7 Å². The summed E-state index contributed by atoms with van der Waals surface area (Å²) in [5.41, 5.74) is 2.33. The van der Waals surface area contributed by atoms with E-state index in [2.05, 4.69) is 20.8 Å². The van der Waals surface area contributed by atoms with Crippen LogP contribution in [0.2, 0.25) is 0 Å². The second-order valence-electron chi connectivity index (χ2n) is 6.74. The van der Waals surface area contributed by atoms with Gasteiger partial charge in [0.1, 0.15) is 5.75 Å². The van der Waals surface area contributed by atoms with E-state index < -0.39 is 10.0 Å². The molecule has 2 aromatic carbocycles. The lowest BCUT2D eigenvalue weighted by Gasteiger charge is -2.08. The average Bonchev–Trinajstić information content (AvgIpc) is 3.21. The highest BCUT2D eigenvalue weighted by Crippen LogP contribution is 2.37. The molecule has 0 unspecified atom stereocenters. The van der Waals surface area contributed by atoms with Crippen molar-refractivity contribution in [3.05, 3.63) is 63.7 Å². The fraction of sp³-hybridized carbons (Fsp3) is 0.200. The summed E-state index contributed by atoms with van der Waals surface area (Å²) in [5.74, 6) is 0.663. The summed E-state index contributed by atoms with van der Waals surface area (Å²) in [6, 6.07) is 12.0. The molecule has 1 aromatic heterocycles. The van der Waals surface area contributed by atoms with Gasteiger partial charge in [-0.1, -0.05) is 27.5 Å². The van der Waals surface area contributed by atoms with Crippen LogP contribution in [0.15, 0.2) is 63.1 Å². The summed E-state index contributed by atoms with van der Waals surface area (Å²) in [5, 5.41) is 1.52. The number of methoxy groups -OCH3 is 1. The molecule has 3 aromatic rings. The molecule has 0 saturated heterocycles. The molecule has 0 spiro atoms. The van der Waals surface area contributed by atoms with Crippen molar-refractivity contribution in [2.24, 2.45) is 0 Å². The molecule has 0 fully saturated rings. The molecule has 0 amide bonds. The average molecular weight is 482 g/mol. The van der Waals surface area contributed by atoms with Gasteiger partial charge in [0.05, 0.1) is 17.5 Å². The van der Waals surface area contributed by atoms with Gasteiger partial charge in [-0.05, 0) is 55.1 Å². The van der Waals surface area contributed by atoms with E-state index in [1.807, 2.05) is 13.1 Å². The standard InChI is InChI=1S/C20H18BrClN2O3S/c1-23-10-18(19(22)12-23)17-11-24(20-8-5-14(27-2)9-16(17)20)28(25,26)15-6-3-13(21)4-7-15/h3-9,11H,10,12H2,1-2H3. The minimum Gasteiger partial charge on any atom is -0.497 e. The van der Waals surface area contributed by atoms with E-state index in [-0.39, 0.29) is 4.90 Å². The first-order chi connectivity index (χ1) is 13.3. The molecular formula is C20H18BrClN2O3S. The largest absolute Gasteiger partial charge is 0.497 e. The predicted octanol–water partition coefficient (Wildman–Crippen LogP) is 4.54. The Hall–Kier alpha value is -1.80. The third-order valence-electron chi connectivity index (χ3n) is 4.84. The maximum Gasteiger partial charge on any atom is 0.268 e. The van der Waals surface area contributed by atoms with Crippen molar-refractivity contribution in [1.29, 1.82) is 0 Å². The Balaban J connectivity index is 1.97. The van der Waals surface area contributed by atoms with Gasteiger partial charge in [0.2, 0.25) is 0 Å². The van der Waals surface area contributed by atoms with Gasteiger partial charge in [-0.2, -0.15) is 0 Å². The van der Waals surface area contributed by atoms with Gasteiger partial charge in [0.25, 0.3) is 10.0 Å². The van der Waals surface area contributed by atoms with Gasteiger partial charge in [-0.3, -0.25) is 4.90 Å². The first kappa shape index (κ1) is 19.5. The number of benzene rings is 2. The van der Waals surface area contributed by atoms with Crippen molar-refractivity contribution in [1.82, 2.24) is 8.87 Å². The van der Waals surface area contributed by atoms with Gasteiger partial charge < -0.3 is 4.74 Å². The smallest absolute Gasteiger partial charge is 0.268 e. The van der Waals surface area contributed by atoms with Gasteiger partial charge in [0.15, 0.2) is 0 Å². The van der Waals surface area contributed by atoms with Crippen LogP contribution in [0.5, 0.6) is 5.75 Å². The zero-order chi connectivity index (χ0) is 20.1. The number of hydrogen-bond donors (Lipinski definition) is 0. The first-order valence-corrected chi connectivity index (χ1v) is 11.2. The number of rotatable bonds is 4. The fourth-order valence-corrected chi connectivity index (χ4v) is 5.44. The van der Waals surface area contributed by atoms with Crippen LogP contribution in [-0.2, 0) is 10.0 Å². The Morgan fingerprint density at radius 2 is 1.82 bits per heavy atom. The summed E-state index contributed by atoms with van der Waals surface area (Å²) >= 11 is 9.83. The van der Waals surface area contributed by atoms with Crippen LogP contribution in [-0.4, -0.2) is 44.5 Å². The minimum absolute atomic E-state index is 0.221. The quantitative estimate of drug-likeness (QED) is 0.549. The van der Waals surface area contributed by atoms with Crippen molar-refractivity contribution in [2.75, 3.05) is 27.2 Å². The number of halogens is 2. The Morgan fingerprint density at radius 3 is 2.43 bits per heavy atom. The Bertz CT molecular complexity index is 1200. The zero-order valence-corrected chi connectivity index (χ0v) is 18.5. The molecule has 28 heavy (non-hydrogen) atoms. The third-order valence-corrected chi connectivity index (χ3v) is 7.40. The molecule has 1 aliphatic rings. The van der Waals surface area contributed by atoms with E-state index in [0.717, 1.165) is 26.0 Å². The summed E-state index contributed by atoms with van der Waals surface area (Å²) in [6.45, 7) is 1.31.